The third-order valence-corrected chi connectivity index (χ3v) is 11.4. The Labute approximate surface area is 387 Å². The van der Waals surface area contributed by atoms with Crippen molar-refractivity contribution in [3.63, 3.8) is 0 Å². The van der Waals surface area contributed by atoms with E-state index in [1.807, 2.05) is 50.3 Å². The minimum absolute atomic E-state index is 0.00880. The van der Waals surface area contributed by atoms with Crippen LogP contribution in [0.3, 0.4) is 0 Å². The molecular formula is C47H69N7O12. The number of benzene rings is 1. The van der Waals surface area contributed by atoms with Crippen LogP contribution in [-0.4, -0.2) is 125 Å². The smallest absolute Gasteiger partial charge is 0.327 e. The summed E-state index contributed by atoms with van der Waals surface area (Å²) in [6.45, 7) is 16.5. The van der Waals surface area contributed by atoms with Crippen molar-refractivity contribution in [3.05, 3.63) is 72.0 Å². The van der Waals surface area contributed by atoms with Gasteiger partial charge in [0.1, 0.15) is 35.9 Å². The third-order valence-electron chi connectivity index (χ3n) is 11.4. The van der Waals surface area contributed by atoms with E-state index in [1.165, 1.54) is 27.8 Å². The summed E-state index contributed by atoms with van der Waals surface area (Å²) in [4.78, 5) is 120. The number of hydrogen-bond acceptors (Lipinski definition) is 10. The Kier molecular flexibility index (Phi) is 22.4. The van der Waals surface area contributed by atoms with E-state index < -0.39 is 120 Å². The molecule has 2 rings (SSSR count). The largest absolute Gasteiger partial charge is 0.480 e. The second-order valence-corrected chi connectivity index (χ2v) is 17.2. The Bertz CT molecular complexity index is 1990. The average Bonchev–Trinajstić information content (AvgIpc) is 3.26. The molecule has 0 aliphatic carbocycles. The number of amides is 7. The molecule has 1 aromatic rings. The monoisotopic (exact) mass is 924 g/mol. The molecule has 0 bridgehead atoms. The topological polar surface area (TPSA) is 279 Å². The highest BCUT2D eigenvalue weighted by atomic mass is 16.5. The van der Waals surface area contributed by atoms with Gasteiger partial charge in [-0.3, -0.25) is 33.6 Å². The highest BCUT2D eigenvalue weighted by Gasteiger charge is 2.37. The van der Waals surface area contributed by atoms with E-state index in [9.17, 15) is 53.4 Å². The molecule has 1 aromatic carbocycles. The van der Waals surface area contributed by atoms with Crippen molar-refractivity contribution < 1.29 is 58.1 Å². The molecule has 0 unspecified atom stereocenters. The van der Waals surface area contributed by atoms with Crippen LogP contribution in [0.4, 0.5) is 0 Å². The first-order valence-corrected chi connectivity index (χ1v) is 22.1. The molecular weight excluding hydrogens is 855 g/mol. The van der Waals surface area contributed by atoms with Gasteiger partial charge in [-0.2, -0.15) is 0 Å². The molecule has 7 amide bonds. The van der Waals surface area contributed by atoms with Crippen LogP contribution in [0.2, 0.25) is 0 Å². The molecule has 19 nitrogen and oxygen atoms in total. The number of likely N-dealkylation sites (N-methyl/N-ethyl adjacent to an activating group) is 1. The van der Waals surface area contributed by atoms with E-state index in [1.54, 1.807) is 40.0 Å². The van der Waals surface area contributed by atoms with E-state index in [2.05, 4.69) is 38.5 Å². The molecule has 1 aliphatic heterocycles. The van der Waals surface area contributed by atoms with Crippen molar-refractivity contribution >= 4 is 53.3 Å². The number of methoxy groups -OCH3 is 1. The summed E-state index contributed by atoms with van der Waals surface area (Å²) in [6, 6.07) is 1.41. The lowest BCUT2D eigenvalue weighted by molar-refractivity contribution is -0.146. The molecule has 0 radical (unpaired) electrons. The summed E-state index contributed by atoms with van der Waals surface area (Å²) < 4.78 is 5.79. The molecule has 66 heavy (non-hydrogen) atoms. The first-order valence-electron chi connectivity index (χ1n) is 22.1. The predicted octanol–water partition coefficient (Wildman–Crippen LogP) is 1.97. The summed E-state index contributed by atoms with van der Waals surface area (Å²) in [5.74, 6) is -11.8. The Hall–Kier alpha value is -6.37. The fraction of sp³-hybridized carbons (Fsp3) is 0.553. The van der Waals surface area contributed by atoms with Gasteiger partial charge < -0.3 is 51.8 Å². The molecule has 364 valence electrons. The number of carboxylic acids is 2. The van der Waals surface area contributed by atoms with Crippen LogP contribution in [-0.2, 0) is 54.3 Å². The number of carbonyl (C=O) groups excluding carboxylic acids is 7. The predicted molar refractivity (Wildman–Crippen MR) is 245 cm³/mol. The highest BCUT2D eigenvalue weighted by molar-refractivity contribution is 6.00. The summed E-state index contributed by atoms with van der Waals surface area (Å²) >= 11 is 0. The van der Waals surface area contributed by atoms with Crippen molar-refractivity contribution in [2.75, 3.05) is 14.2 Å². The van der Waals surface area contributed by atoms with Crippen molar-refractivity contribution in [1.29, 1.82) is 0 Å². The number of aliphatic carboxylic acids is 2. The van der Waals surface area contributed by atoms with Gasteiger partial charge in [-0.25, -0.2) is 9.59 Å². The lowest BCUT2D eigenvalue weighted by atomic mass is 9.94. The van der Waals surface area contributed by atoms with Crippen LogP contribution in [0.15, 0.2) is 66.4 Å². The second-order valence-electron chi connectivity index (χ2n) is 17.2. The van der Waals surface area contributed by atoms with Gasteiger partial charge in [0.05, 0.1) is 24.0 Å². The van der Waals surface area contributed by atoms with Crippen molar-refractivity contribution in [2.45, 2.75) is 130 Å². The second kappa shape index (κ2) is 26.6. The zero-order chi connectivity index (χ0) is 50.0. The summed E-state index contributed by atoms with van der Waals surface area (Å²) in [5.41, 5.74) is 1.42. The van der Waals surface area contributed by atoms with Crippen LogP contribution >= 0.6 is 0 Å². The molecule has 19 heteroatoms. The molecule has 1 saturated heterocycles. The minimum Gasteiger partial charge on any atom is -0.480 e. The van der Waals surface area contributed by atoms with E-state index in [-0.39, 0.29) is 30.8 Å². The van der Waals surface area contributed by atoms with Crippen LogP contribution in [0, 0.1) is 23.7 Å². The zero-order valence-corrected chi connectivity index (χ0v) is 39.6. The van der Waals surface area contributed by atoms with Crippen LogP contribution in [0.25, 0.3) is 0 Å². The molecule has 0 aromatic heterocycles. The number of carbonyl (C=O) groups is 9. The standard InChI is InChI=1S/C47H69N7O12/c1-12-33-44(60)50-34(19-18-26(4)23-27(5)37(66-11)24-32-16-14-13-15-17-32)28(6)40(56)51-35(46(62)63)20-21-38(55)54(10)31(9)43(59)48-30(8)42(58)52-36(22-25(2)3)45(61)53-39(47(64)65)29(7)41(57)49-33/h13-19,23,25,27-30,33-37,39H,9,12,20-22,24H2,1-8,10-11H3,(H,48,59)(H,49,57)(H,50,60)(H,51,56)(H,52,58)(H,53,61)(H,62,63)(H,64,65)/b19-18+,26-23+/t27-,28-,29-,30+,33-,34-,35+,36-,37-,39+/m0/s1. The van der Waals surface area contributed by atoms with E-state index in [0.717, 1.165) is 16.0 Å². The summed E-state index contributed by atoms with van der Waals surface area (Å²) in [5, 5.41) is 35.2. The molecule has 1 fully saturated rings. The van der Waals surface area contributed by atoms with Gasteiger partial charge >= 0.3 is 11.9 Å². The SMILES string of the molecule is C=C1C(=O)N[C@H](C)C(=O)N[C@@H](CC(C)C)C(=O)N[C@@H](C(=O)O)[C@H](C)C(=O)N[C@@H](CC)C(=O)N[C@@H](/C=C/C(C)=C/[C@H](C)[C@H](Cc2ccccc2)OC)[C@H](C)C(=O)N[C@@H](C(=O)O)CCC(=O)N1C. The maximum Gasteiger partial charge on any atom is 0.327 e. The van der Waals surface area contributed by atoms with Crippen LogP contribution in [0.5, 0.6) is 0 Å². The first kappa shape index (κ1) is 55.8. The molecule has 0 spiro atoms. The van der Waals surface area contributed by atoms with E-state index in [0.29, 0.717) is 6.42 Å². The van der Waals surface area contributed by atoms with Crippen molar-refractivity contribution in [2.24, 2.45) is 23.7 Å². The van der Waals surface area contributed by atoms with Crippen LogP contribution < -0.4 is 31.9 Å². The van der Waals surface area contributed by atoms with Gasteiger partial charge in [-0.05, 0) is 51.0 Å². The van der Waals surface area contributed by atoms with Crippen LogP contribution in [0.1, 0.15) is 86.6 Å². The summed E-state index contributed by atoms with van der Waals surface area (Å²) in [7, 11) is 2.84. The number of carboxylic acid groups (broad SMARTS) is 2. The van der Waals surface area contributed by atoms with Gasteiger partial charge in [0.25, 0.3) is 5.91 Å². The number of allylic oxidation sites excluding steroid dienone is 2. The number of nitrogens with zero attached hydrogens (tertiary/aromatic N) is 1. The van der Waals surface area contributed by atoms with E-state index >= 15 is 0 Å². The van der Waals surface area contributed by atoms with Crippen molar-refractivity contribution in [3.8, 4) is 0 Å². The Morgan fingerprint density at radius 1 is 0.818 bits per heavy atom. The molecule has 8 N–H and O–H groups in total. The number of hydrogen-bond donors (Lipinski definition) is 8. The quantitative estimate of drug-likeness (QED) is 0.110. The normalized spacial score (nSPS) is 26.5. The molecule has 1 heterocycles. The lowest BCUT2D eigenvalue weighted by Gasteiger charge is -2.28. The summed E-state index contributed by atoms with van der Waals surface area (Å²) in [6.07, 6.45) is 4.82. The Morgan fingerprint density at radius 2 is 1.41 bits per heavy atom. The zero-order valence-electron chi connectivity index (χ0n) is 39.6. The van der Waals surface area contributed by atoms with Gasteiger partial charge in [0.15, 0.2) is 0 Å². The fourth-order valence-electron chi connectivity index (χ4n) is 7.04. The van der Waals surface area contributed by atoms with Gasteiger partial charge in [-0.1, -0.05) is 102 Å². The number of nitrogens with one attached hydrogen (secondary N) is 6. The third kappa shape index (κ3) is 17.2. The lowest BCUT2D eigenvalue weighted by Crippen LogP contribution is -2.59. The maximum absolute atomic E-state index is 14.0. The maximum atomic E-state index is 14.0. The Morgan fingerprint density at radius 3 is 1.97 bits per heavy atom. The highest BCUT2D eigenvalue weighted by Crippen LogP contribution is 2.19. The molecule has 1 aliphatic rings. The number of rotatable bonds is 12. The first-order chi connectivity index (χ1) is 30.9. The van der Waals surface area contributed by atoms with Gasteiger partial charge in [-0.15, -0.1) is 0 Å². The molecule has 0 saturated carbocycles. The van der Waals surface area contributed by atoms with Gasteiger partial charge in [0.2, 0.25) is 35.4 Å². The van der Waals surface area contributed by atoms with Crippen molar-refractivity contribution in [1.82, 2.24) is 36.8 Å². The van der Waals surface area contributed by atoms with E-state index in [4.69, 9.17) is 4.74 Å². The Balaban J connectivity index is 2.61. The number of ether oxygens (including phenoxy) is 1. The van der Waals surface area contributed by atoms with Gasteiger partial charge in [0, 0.05) is 26.5 Å². The molecule has 10 atom stereocenters. The fourth-order valence-corrected chi connectivity index (χ4v) is 7.04. The minimum atomic E-state index is -1.82. The average molecular weight is 924 g/mol.